The second-order valence-corrected chi connectivity index (χ2v) is 5.72. The molecule has 2 aromatic rings. The summed E-state index contributed by atoms with van der Waals surface area (Å²) in [5, 5.41) is 14.5. The number of benzene rings is 1. The van der Waals surface area contributed by atoms with Gasteiger partial charge in [-0.05, 0) is 59.9 Å². The average Bonchev–Trinajstić information content (AvgIpc) is 2.78. The molecule has 1 aromatic heterocycles. The minimum absolute atomic E-state index is 0.249. The Hall–Kier alpha value is -1.19. The lowest BCUT2D eigenvalue weighted by Gasteiger charge is -2.23. The molecule has 0 bridgehead atoms. The molecular formula is C15H17FOS. The Morgan fingerprint density at radius 1 is 1.28 bits per heavy atom. The van der Waals surface area contributed by atoms with Crippen LogP contribution in [0.4, 0.5) is 4.39 Å². The molecule has 0 saturated carbocycles. The summed E-state index contributed by atoms with van der Waals surface area (Å²) in [6.07, 6.45) is 2.01. The Bertz CT molecular complexity index is 491. The van der Waals surface area contributed by atoms with E-state index in [2.05, 4.69) is 11.4 Å². The first-order chi connectivity index (χ1) is 8.55. The molecule has 0 amide bonds. The van der Waals surface area contributed by atoms with Crippen LogP contribution in [0.1, 0.15) is 24.5 Å². The van der Waals surface area contributed by atoms with Crippen molar-refractivity contribution in [3.8, 4) is 0 Å². The standard InChI is InChI=1S/C15H17FOS/c1-15(17,7-5-12-6-8-18-11-12)10-13-3-2-4-14(16)9-13/h2-4,6,8-9,11,17H,5,7,10H2,1H3. The van der Waals surface area contributed by atoms with Gasteiger partial charge < -0.3 is 5.11 Å². The molecule has 1 nitrogen and oxygen atoms in total. The Balaban J connectivity index is 1.94. The van der Waals surface area contributed by atoms with Gasteiger partial charge in [-0.1, -0.05) is 12.1 Å². The third kappa shape index (κ3) is 3.93. The SMILES string of the molecule is CC(O)(CCc1ccsc1)Cc1cccc(F)c1. The van der Waals surface area contributed by atoms with Crippen LogP contribution in [0, 0.1) is 5.82 Å². The molecule has 0 aliphatic heterocycles. The van der Waals surface area contributed by atoms with Crippen LogP contribution in [0.3, 0.4) is 0 Å². The van der Waals surface area contributed by atoms with E-state index in [-0.39, 0.29) is 5.82 Å². The highest BCUT2D eigenvalue weighted by atomic mass is 32.1. The number of aryl methyl sites for hydroxylation is 1. The molecule has 1 aromatic carbocycles. The molecule has 1 N–H and O–H groups in total. The second kappa shape index (κ2) is 5.63. The summed E-state index contributed by atoms with van der Waals surface area (Å²) < 4.78 is 13.1. The molecule has 0 aliphatic rings. The number of aliphatic hydroxyl groups is 1. The lowest BCUT2D eigenvalue weighted by molar-refractivity contribution is 0.0516. The van der Waals surface area contributed by atoms with E-state index < -0.39 is 5.60 Å². The van der Waals surface area contributed by atoms with Crippen molar-refractivity contribution < 1.29 is 9.50 Å². The third-order valence-corrected chi connectivity index (χ3v) is 3.74. The Kier molecular flexibility index (Phi) is 4.15. The monoisotopic (exact) mass is 264 g/mol. The van der Waals surface area contributed by atoms with Gasteiger partial charge in [-0.25, -0.2) is 4.39 Å². The molecule has 0 spiro atoms. The number of rotatable bonds is 5. The average molecular weight is 264 g/mol. The number of hydrogen-bond acceptors (Lipinski definition) is 2. The Morgan fingerprint density at radius 2 is 2.11 bits per heavy atom. The van der Waals surface area contributed by atoms with Gasteiger partial charge in [0.2, 0.25) is 0 Å². The molecule has 1 atom stereocenters. The van der Waals surface area contributed by atoms with E-state index in [0.717, 1.165) is 12.0 Å². The van der Waals surface area contributed by atoms with Crippen molar-refractivity contribution in [1.82, 2.24) is 0 Å². The normalized spacial score (nSPS) is 14.4. The Labute approximate surface area is 111 Å². The minimum Gasteiger partial charge on any atom is -0.390 e. The maximum Gasteiger partial charge on any atom is 0.123 e. The van der Waals surface area contributed by atoms with E-state index in [1.54, 1.807) is 17.4 Å². The summed E-state index contributed by atoms with van der Waals surface area (Å²) in [4.78, 5) is 0. The quantitative estimate of drug-likeness (QED) is 0.870. The highest BCUT2D eigenvalue weighted by molar-refractivity contribution is 7.07. The molecule has 0 fully saturated rings. The van der Waals surface area contributed by atoms with Gasteiger partial charge in [-0.3, -0.25) is 0 Å². The van der Waals surface area contributed by atoms with Crippen LogP contribution in [0.25, 0.3) is 0 Å². The van der Waals surface area contributed by atoms with Crippen molar-refractivity contribution in [2.45, 2.75) is 31.8 Å². The highest BCUT2D eigenvalue weighted by Crippen LogP contribution is 2.21. The molecule has 3 heteroatoms. The van der Waals surface area contributed by atoms with Gasteiger partial charge in [0, 0.05) is 6.42 Å². The zero-order valence-corrected chi connectivity index (χ0v) is 11.2. The van der Waals surface area contributed by atoms with E-state index in [9.17, 15) is 9.50 Å². The lowest BCUT2D eigenvalue weighted by Crippen LogP contribution is -2.27. The van der Waals surface area contributed by atoms with E-state index >= 15 is 0 Å². The summed E-state index contributed by atoms with van der Waals surface area (Å²) in [5.41, 5.74) is 1.29. The van der Waals surface area contributed by atoms with Gasteiger partial charge >= 0.3 is 0 Å². The lowest BCUT2D eigenvalue weighted by atomic mass is 9.91. The van der Waals surface area contributed by atoms with Gasteiger partial charge in [0.05, 0.1) is 5.60 Å². The van der Waals surface area contributed by atoms with Crippen molar-refractivity contribution in [3.05, 3.63) is 58.0 Å². The molecular weight excluding hydrogens is 247 g/mol. The predicted molar refractivity (Wildman–Crippen MR) is 73.4 cm³/mol. The summed E-state index contributed by atoms with van der Waals surface area (Å²) in [7, 11) is 0. The van der Waals surface area contributed by atoms with Crippen LogP contribution in [0.5, 0.6) is 0 Å². The number of thiophene rings is 1. The molecule has 0 saturated heterocycles. The molecule has 18 heavy (non-hydrogen) atoms. The van der Waals surface area contributed by atoms with Crippen molar-refractivity contribution in [2.24, 2.45) is 0 Å². The molecule has 0 radical (unpaired) electrons. The van der Waals surface area contributed by atoms with Crippen molar-refractivity contribution >= 4 is 11.3 Å². The van der Waals surface area contributed by atoms with Gasteiger partial charge in [0.25, 0.3) is 0 Å². The molecule has 96 valence electrons. The Morgan fingerprint density at radius 3 is 2.78 bits per heavy atom. The third-order valence-electron chi connectivity index (χ3n) is 3.01. The number of hydrogen-bond donors (Lipinski definition) is 1. The topological polar surface area (TPSA) is 20.2 Å². The molecule has 0 aliphatic carbocycles. The summed E-state index contributed by atoms with van der Waals surface area (Å²) in [6.45, 7) is 1.81. The molecule has 2 rings (SSSR count). The predicted octanol–water partition coefficient (Wildman–Crippen LogP) is 3.81. The van der Waals surface area contributed by atoms with Gasteiger partial charge in [0.1, 0.15) is 5.82 Å². The fraction of sp³-hybridized carbons (Fsp3) is 0.333. The van der Waals surface area contributed by atoms with Gasteiger partial charge in [-0.15, -0.1) is 0 Å². The van der Waals surface area contributed by atoms with Crippen LogP contribution in [-0.2, 0) is 12.8 Å². The van der Waals surface area contributed by atoms with Crippen LogP contribution in [0.15, 0.2) is 41.1 Å². The largest absolute Gasteiger partial charge is 0.390 e. The first-order valence-electron chi connectivity index (χ1n) is 6.03. The van der Waals surface area contributed by atoms with Crippen LogP contribution in [0.2, 0.25) is 0 Å². The van der Waals surface area contributed by atoms with Crippen molar-refractivity contribution in [1.29, 1.82) is 0 Å². The summed E-state index contributed by atoms with van der Waals surface area (Å²) in [6, 6.07) is 8.51. The van der Waals surface area contributed by atoms with E-state index in [1.165, 1.54) is 17.7 Å². The van der Waals surface area contributed by atoms with E-state index in [1.807, 2.05) is 18.4 Å². The fourth-order valence-corrected chi connectivity index (χ4v) is 2.73. The van der Waals surface area contributed by atoms with Gasteiger partial charge in [0.15, 0.2) is 0 Å². The van der Waals surface area contributed by atoms with Crippen LogP contribution in [-0.4, -0.2) is 10.7 Å². The van der Waals surface area contributed by atoms with Crippen molar-refractivity contribution in [3.63, 3.8) is 0 Å². The maximum absolute atomic E-state index is 13.1. The zero-order valence-electron chi connectivity index (χ0n) is 10.4. The fourth-order valence-electron chi connectivity index (χ4n) is 2.02. The second-order valence-electron chi connectivity index (χ2n) is 4.94. The molecule has 1 unspecified atom stereocenters. The minimum atomic E-state index is -0.796. The van der Waals surface area contributed by atoms with E-state index in [0.29, 0.717) is 12.8 Å². The smallest absolute Gasteiger partial charge is 0.123 e. The van der Waals surface area contributed by atoms with Gasteiger partial charge in [-0.2, -0.15) is 11.3 Å². The molecule has 1 heterocycles. The first kappa shape index (κ1) is 13.2. The van der Waals surface area contributed by atoms with E-state index in [4.69, 9.17) is 0 Å². The summed E-state index contributed by atoms with van der Waals surface area (Å²) >= 11 is 1.66. The number of halogens is 1. The maximum atomic E-state index is 13.1. The zero-order chi connectivity index (χ0) is 13.0. The first-order valence-corrected chi connectivity index (χ1v) is 6.97. The summed E-state index contributed by atoms with van der Waals surface area (Å²) in [5.74, 6) is -0.249. The van der Waals surface area contributed by atoms with Crippen molar-refractivity contribution in [2.75, 3.05) is 0 Å². The van der Waals surface area contributed by atoms with Crippen LogP contribution < -0.4 is 0 Å². The highest BCUT2D eigenvalue weighted by Gasteiger charge is 2.21. The van der Waals surface area contributed by atoms with Crippen LogP contribution >= 0.6 is 11.3 Å².